The van der Waals surface area contributed by atoms with Gasteiger partial charge in [-0.15, -0.1) is 10.2 Å². The number of fused-ring (bicyclic) bond motifs is 3. The van der Waals surface area contributed by atoms with E-state index in [0.29, 0.717) is 16.5 Å². The van der Waals surface area contributed by atoms with E-state index in [-0.39, 0.29) is 5.91 Å². The minimum atomic E-state index is 0.000249. The number of carbonyl (C=O) groups is 1. The van der Waals surface area contributed by atoms with Gasteiger partial charge in [0.1, 0.15) is 5.52 Å². The summed E-state index contributed by atoms with van der Waals surface area (Å²) in [7, 11) is 3.52. The molecule has 2 heterocycles. The van der Waals surface area contributed by atoms with Gasteiger partial charge in [0.15, 0.2) is 5.65 Å². The Bertz CT molecular complexity index is 1180. The van der Waals surface area contributed by atoms with Crippen LogP contribution in [0.1, 0.15) is 29.3 Å². The number of nitrogens with zero attached hydrogens (tertiary/aromatic N) is 5. The predicted octanol–water partition coefficient (Wildman–Crippen LogP) is 4.38. The Morgan fingerprint density at radius 2 is 1.93 bits per heavy atom. The average Bonchev–Trinajstić information content (AvgIpc) is 3.05. The molecule has 6 nitrogen and oxygen atoms in total. The molecule has 0 spiro atoms. The van der Waals surface area contributed by atoms with Crippen LogP contribution in [0.3, 0.4) is 0 Å². The Kier molecular flexibility index (Phi) is 5.49. The minimum Gasteiger partial charge on any atom is -0.345 e. The van der Waals surface area contributed by atoms with Crippen molar-refractivity contribution in [2.24, 2.45) is 0 Å². The summed E-state index contributed by atoms with van der Waals surface area (Å²) in [6.45, 7) is 3.05. The van der Waals surface area contributed by atoms with Crippen molar-refractivity contribution >= 4 is 39.7 Å². The maximum atomic E-state index is 12.2. The molecular weight excluding hydrogens is 382 g/mol. The number of aryl methyl sites for hydroxylation is 1. The maximum Gasteiger partial charge on any atom is 0.253 e. The molecule has 4 rings (SSSR count). The molecule has 7 heteroatoms. The largest absolute Gasteiger partial charge is 0.345 e. The van der Waals surface area contributed by atoms with Gasteiger partial charge in [-0.05, 0) is 30.2 Å². The van der Waals surface area contributed by atoms with Crippen molar-refractivity contribution in [1.82, 2.24) is 24.6 Å². The SMILES string of the molecule is CCCn1c2ccccc2c2nnc(SCc3cccc(C(=O)N(C)C)c3)nc21. The molecule has 0 saturated heterocycles. The van der Waals surface area contributed by atoms with Gasteiger partial charge in [-0.3, -0.25) is 4.79 Å². The van der Waals surface area contributed by atoms with E-state index in [1.807, 2.05) is 36.4 Å². The summed E-state index contributed by atoms with van der Waals surface area (Å²) < 4.78 is 2.22. The Morgan fingerprint density at radius 3 is 2.72 bits per heavy atom. The van der Waals surface area contributed by atoms with E-state index in [4.69, 9.17) is 4.98 Å². The normalized spacial score (nSPS) is 11.3. The topological polar surface area (TPSA) is 63.9 Å². The number of para-hydroxylation sites is 1. The molecule has 2 aromatic heterocycles. The van der Waals surface area contributed by atoms with Gasteiger partial charge in [0, 0.05) is 37.3 Å². The second-order valence-corrected chi connectivity index (χ2v) is 8.07. The van der Waals surface area contributed by atoms with E-state index in [1.165, 1.54) is 11.8 Å². The van der Waals surface area contributed by atoms with Gasteiger partial charge >= 0.3 is 0 Å². The summed E-state index contributed by atoms with van der Waals surface area (Å²) in [5.74, 6) is 0.677. The van der Waals surface area contributed by atoms with Crippen LogP contribution < -0.4 is 0 Å². The molecule has 0 bridgehead atoms. The van der Waals surface area contributed by atoms with E-state index < -0.39 is 0 Å². The van der Waals surface area contributed by atoms with E-state index in [0.717, 1.165) is 40.6 Å². The quantitative estimate of drug-likeness (QED) is 0.445. The monoisotopic (exact) mass is 405 g/mol. The van der Waals surface area contributed by atoms with Crippen LogP contribution in [0.25, 0.3) is 22.1 Å². The summed E-state index contributed by atoms with van der Waals surface area (Å²) in [5.41, 5.74) is 4.61. The third-order valence-electron chi connectivity index (χ3n) is 4.75. The van der Waals surface area contributed by atoms with Gasteiger partial charge in [0.05, 0.1) is 5.52 Å². The van der Waals surface area contributed by atoms with Crippen LogP contribution in [-0.2, 0) is 12.3 Å². The van der Waals surface area contributed by atoms with Crippen molar-refractivity contribution in [2.45, 2.75) is 30.8 Å². The highest BCUT2D eigenvalue weighted by Gasteiger charge is 2.14. The standard InChI is InChI=1S/C22H23N5OS/c1-4-12-27-18-11-6-5-10-17(18)19-20(27)23-22(25-24-19)29-14-15-8-7-9-16(13-15)21(28)26(2)3/h5-11,13H,4,12,14H2,1-3H3. The predicted molar refractivity (Wildman–Crippen MR) is 117 cm³/mol. The third kappa shape index (κ3) is 3.82. The van der Waals surface area contributed by atoms with E-state index in [2.05, 4.69) is 33.8 Å². The van der Waals surface area contributed by atoms with Crippen LogP contribution in [0.5, 0.6) is 0 Å². The molecule has 0 aliphatic heterocycles. The van der Waals surface area contributed by atoms with Crippen LogP contribution in [0.4, 0.5) is 0 Å². The molecule has 0 aliphatic carbocycles. The van der Waals surface area contributed by atoms with Crippen LogP contribution >= 0.6 is 11.8 Å². The van der Waals surface area contributed by atoms with E-state index in [9.17, 15) is 4.79 Å². The second kappa shape index (κ2) is 8.21. The zero-order valence-electron chi connectivity index (χ0n) is 16.8. The molecule has 0 atom stereocenters. The van der Waals surface area contributed by atoms with E-state index in [1.54, 1.807) is 19.0 Å². The van der Waals surface area contributed by atoms with Gasteiger partial charge in [-0.25, -0.2) is 4.98 Å². The summed E-state index contributed by atoms with van der Waals surface area (Å²) in [6, 6.07) is 15.9. The van der Waals surface area contributed by atoms with Crippen LogP contribution in [0.2, 0.25) is 0 Å². The molecule has 0 N–H and O–H groups in total. The van der Waals surface area contributed by atoms with Crippen LogP contribution in [-0.4, -0.2) is 44.7 Å². The first-order valence-electron chi connectivity index (χ1n) is 9.63. The summed E-state index contributed by atoms with van der Waals surface area (Å²) in [4.78, 5) is 18.6. The van der Waals surface area contributed by atoms with E-state index >= 15 is 0 Å². The smallest absolute Gasteiger partial charge is 0.253 e. The maximum absolute atomic E-state index is 12.2. The summed E-state index contributed by atoms with van der Waals surface area (Å²) in [6.07, 6.45) is 1.02. The lowest BCUT2D eigenvalue weighted by Gasteiger charge is -2.11. The van der Waals surface area contributed by atoms with Crippen LogP contribution in [0, 0.1) is 0 Å². The number of benzene rings is 2. The van der Waals surface area contributed by atoms with Crippen molar-refractivity contribution < 1.29 is 4.79 Å². The second-order valence-electron chi connectivity index (χ2n) is 7.12. The van der Waals surface area contributed by atoms with Crippen LogP contribution in [0.15, 0.2) is 53.7 Å². The zero-order chi connectivity index (χ0) is 20.4. The first-order valence-corrected chi connectivity index (χ1v) is 10.6. The molecule has 29 heavy (non-hydrogen) atoms. The van der Waals surface area contributed by atoms with Gasteiger partial charge in [0.2, 0.25) is 5.16 Å². The Labute approximate surface area is 173 Å². The van der Waals surface area contributed by atoms with Crippen molar-refractivity contribution in [2.75, 3.05) is 14.1 Å². The molecule has 0 unspecified atom stereocenters. The first-order chi connectivity index (χ1) is 14.1. The molecule has 0 fully saturated rings. The van der Waals surface area contributed by atoms with Gasteiger partial charge in [-0.1, -0.05) is 49.0 Å². The molecule has 0 aliphatic rings. The number of rotatable bonds is 6. The van der Waals surface area contributed by atoms with Crippen molar-refractivity contribution in [1.29, 1.82) is 0 Å². The van der Waals surface area contributed by atoms with Crippen molar-refractivity contribution in [3.63, 3.8) is 0 Å². The summed E-state index contributed by atoms with van der Waals surface area (Å²) >= 11 is 1.53. The van der Waals surface area contributed by atoms with Gasteiger partial charge in [0.25, 0.3) is 5.91 Å². The summed E-state index contributed by atoms with van der Waals surface area (Å²) in [5, 5.41) is 10.5. The highest BCUT2D eigenvalue weighted by Crippen LogP contribution is 2.28. The van der Waals surface area contributed by atoms with Gasteiger partial charge in [-0.2, -0.15) is 0 Å². The fourth-order valence-electron chi connectivity index (χ4n) is 3.40. The van der Waals surface area contributed by atoms with Crippen molar-refractivity contribution in [3.8, 4) is 0 Å². The average molecular weight is 406 g/mol. The lowest BCUT2D eigenvalue weighted by molar-refractivity contribution is 0.0827. The number of hydrogen-bond acceptors (Lipinski definition) is 5. The number of thioether (sulfide) groups is 1. The fourth-order valence-corrected chi connectivity index (χ4v) is 4.13. The molecule has 148 valence electrons. The Morgan fingerprint density at radius 1 is 1.10 bits per heavy atom. The van der Waals surface area contributed by atoms with Gasteiger partial charge < -0.3 is 9.47 Å². The Hall–Kier alpha value is -2.93. The zero-order valence-corrected chi connectivity index (χ0v) is 17.6. The lowest BCUT2D eigenvalue weighted by atomic mass is 10.1. The number of amides is 1. The first kappa shape index (κ1) is 19.4. The molecular formula is C22H23N5OS. The highest BCUT2D eigenvalue weighted by atomic mass is 32.2. The number of hydrogen-bond donors (Lipinski definition) is 0. The molecule has 0 radical (unpaired) electrons. The van der Waals surface area contributed by atoms with Crippen molar-refractivity contribution in [3.05, 3.63) is 59.7 Å². The number of carbonyl (C=O) groups excluding carboxylic acids is 1. The third-order valence-corrected chi connectivity index (χ3v) is 5.66. The minimum absolute atomic E-state index is 0.000249. The number of aromatic nitrogens is 4. The molecule has 0 saturated carbocycles. The molecule has 4 aromatic rings. The molecule has 2 aromatic carbocycles. The lowest BCUT2D eigenvalue weighted by Crippen LogP contribution is -2.21. The Balaban J connectivity index is 1.62. The fraction of sp³-hybridized carbons (Fsp3) is 0.273. The highest BCUT2D eigenvalue weighted by molar-refractivity contribution is 7.98. The molecule has 1 amide bonds.